The van der Waals surface area contributed by atoms with Crippen molar-refractivity contribution in [2.75, 3.05) is 0 Å². The van der Waals surface area contributed by atoms with Gasteiger partial charge in [0.25, 0.3) is 0 Å². The van der Waals surface area contributed by atoms with Crippen LogP contribution in [0.4, 0.5) is 0 Å². The van der Waals surface area contributed by atoms with Crippen LogP contribution in [-0.4, -0.2) is 9.55 Å². The van der Waals surface area contributed by atoms with E-state index < -0.39 is 7.14 Å². The van der Waals surface area contributed by atoms with Crippen molar-refractivity contribution in [3.05, 3.63) is 200 Å². The van der Waals surface area contributed by atoms with E-state index in [1.54, 1.807) is 0 Å². The molecule has 0 spiro atoms. The predicted octanol–water partition coefficient (Wildman–Crippen LogP) is 11.3. The number of para-hydroxylation sites is 1. The lowest BCUT2D eigenvalue weighted by molar-refractivity contribution is 0.592. The molecule has 0 saturated heterocycles. The Labute approximate surface area is 308 Å². The van der Waals surface area contributed by atoms with Crippen LogP contribution in [0.15, 0.2) is 200 Å². The van der Waals surface area contributed by atoms with E-state index in [0.29, 0.717) is 0 Å². The van der Waals surface area contributed by atoms with Crippen LogP contribution in [0.3, 0.4) is 0 Å². The Hall–Kier alpha value is -6.54. The molecular weight excluding hydrogens is 664 g/mol. The van der Waals surface area contributed by atoms with Crippen molar-refractivity contribution in [1.82, 2.24) is 9.55 Å². The van der Waals surface area contributed by atoms with Crippen molar-refractivity contribution >= 4 is 34.0 Å². The van der Waals surface area contributed by atoms with Gasteiger partial charge in [0.15, 0.2) is 7.14 Å². The van der Waals surface area contributed by atoms with Crippen molar-refractivity contribution < 1.29 is 4.57 Å². The summed E-state index contributed by atoms with van der Waals surface area (Å²) in [5, 5.41) is 3.69. The first-order valence-electron chi connectivity index (χ1n) is 17.9. The molecule has 0 N–H and O–H groups in total. The van der Waals surface area contributed by atoms with E-state index in [0.717, 1.165) is 88.5 Å². The van der Waals surface area contributed by atoms with Gasteiger partial charge in [-0.2, -0.15) is 0 Å². The standard InChI is InChI=1S/C49H33N2OP/c52-53(39-20-8-3-9-21-39)46-26-14-11-23-41(46)48-40-22-10-13-25-45(40)51(49(48)42-24-12-15-27-47(42)53)38-30-28-36(29-31-38)44-33-37(34-16-4-1-5-17-34)32-43(50-44)35-18-6-2-7-19-35/h1-33H. The third-order valence-electron chi connectivity index (χ3n) is 10.4. The molecule has 250 valence electrons. The maximum atomic E-state index is 15.9. The van der Waals surface area contributed by atoms with Gasteiger partial charge in [-0.3, -0.25) is 0 Å². The second kappa shape index (κ2) is 12.6. The zero-order valence-electron chi connectivity index (χ0n) is 28.8. The molecule has 3 heterocycles. The molecule has 0 saturated carbocycles. The summed E-state index contributed by atoms with van der Waals surface area (Å²) in [5.74, 6) is 0. The van der Waals surface area contributed by atoms with Crippen molar-refractivity contribution in [3.63, 3.8) is 0 Å². The van der Waals surface area contributed by atoms with Crippen molar-refractivity contribution in [2.45, 2.75) is 0 Å². The summed E-state index contributed by atoms with van der Waals surface area (Å²) in [6.07, 6.45) is 0. The molecule has 53 heavy (non-hydrogen) atoms. The Bertz CT molecular complexity index is 2780. The van der Waals surface area contributed by atoms with Gasteiger partial charge in [0.2, 0.25) is 0 Å². The summed E-state index contributed by atoms with van der Waals surface area (Å²) >= 11 is 0. The monoisotopic (exact) mass is 696 g/mol. The summed E-state index contributed by atoms with van der Waals surface area (Å²) in [6.45, 7) is 0. The fraction of sp³-hybridized carbons (Fsp3) is 0. The third kappa shape index (κ3) is 5.04. The third-order valence-corrected chi connectivity index (χ3v) is 13.6. The van der Waals surface area contributed by atoms with Crippen LogP contribution in [0.25, 0.3) is 72.6 Å². The molecule has 9 aromatic rings. The number of benzene rings is 7. The Morgan fingerprint density at radius 2 is 0.943 bits per heavy atom. The fourth-order valence-corrected chi connectivity index (χ4v) is 11.0. The highest BCUT2D eigenvalue weighted by Crippen LogP contribution is 2.54. The minimum absolute atomic E-state index is 0.838. The van der Waals surface area contributed by atoms with E-state index in [2.05, 4.69) is 150 Å². The molecule has 1 atom stereocenters. The van der Waals surface area contributed by atoms with E-state index in [9.17, 15) is 0 Å². The number of fused-ring (bicyclic) bond motifs is 7. The van der Waals surface area contributed by atoms with Gasteiger partial charge in [-0.05, 0) is 47.0 Å². The normalized spacial score (nSPS) is 14.6. The lowest BCUT2D eigenvalue weighted by Crippen LogP contribution is -2.26. The molecule has 1 aliphatic heterocycles. The van der Waals surface area contributed by atoms with Crippen molar-refractivity contribution in [1.29, 1.82) is 0 Å². The number of nitrogens with zero attached hydrogens (tertiary/aromatic N) is 2. The molecule has 7 aromatic carbocycles. The van der Waals surface area contributed by atoms with E-state index in [1.807, 2.05) is 54.6 Å². The van der Waals surface area contributed by atoms with Crippen LogP contribution in [0.1, 0.15) is 0 Å². The molecule has 0 aliphatic carbocycles. The van der Waals surface area contributed by atoms with Gasteiger partial charge < -0.3 is 9.13 Å². The van der Waals surface area contributed by atoms with Gasteiger partial charge in [-0.1, -0.05) is 170 Å². The lowest BCUT2D eigenvalue weighted by Gasteiger charge is -2.22. The number of aromatic nitrogens is 2. The fourth-order valence-electron chi connectivity index (χ4n) is 8.00. The second-order valence-electron chi connectivity index (χ2n) is 13.5. The Balaban J connectivity index is 1.20. The molecule has 3 nitrogen and oxygen atoms in total. The van der Waals surface area contributed by atoms with Crippen LogP contribution >= 0.6 is 7.14 Å². The summed E-state index contributed by atoms with van der Waals surface area (Å²) in [5.41, 5.74) is 12.5. The van der Waals surface area contributed by atoms with E-state index >= 15 is 4.57 Å². The molecule has 1 unspecified atom stereocenters. The summed E-state index contributed by atoms with van der Waals surface area (Å²) in [4.78, 5) is 5.19. The molecule has 4 heteroatoms. The van der Waals surface area contributed by atoms with Gasteiger partial charge in [-0.25, -0.2) is 4.98 Å². The van der Waals surface area contributed by atoms with Crippen LogP contribution in [0, 0.1) is 0 Å². The minimum Gasteiger partial charge on any atom is -0.309 e. The van der Waals surface area contributed by atoms with Gasteiger partial charge in [0, 0.05) is 49.2 Å². The highest BCUT2D eigenvalue weighted by molar-refractivity contribution is 7.85. The lowest BCUT2D eigenvalue weighted by atomic mass is 9.98. The number of rotatable bonds is 5. The van der Waals surface area contributed by atoms with Gasteiger partial charge in [-0.15, -0.1) is 0 Å². The average molecular weight is 697 g/mol. The van der Waals surface area contributed by atoms with Crippen molar-refractivity contribution in [3.8, 4) is 61.7 Å². The van der Waals surface area contributed by atoms with Gasteiger partial charge in [0.05, 0.1) is 22.6 Å². The summed E-state index contributed by atoms with van der Waals surface area (Å²) < 4.78 is 18.3. The van der Waals surface area contributed by atoms with Crippen LogP contribution in [0.2, 0.25) is 0 Å². The first-order chi connectivity index (χ1) is 26.2. The summed E-state index contributed by atoms with van der Waals surface area (Å²) in [7, 11) is -3.26. The number of pyridine rings is 1. The van der Waals surface area contributed by atoms with Gasteiger partial charge >= 0.3 is 0 Å². The highest BCUT2D eigenvalue weighted by atomic mass is 31.2. The zero-order valence-corrected chi connectivity index (χ0v) is 29.7. The molecule has 10 rings (SSSR count). The first kappa shape index (κ1) is 31.2. The molecule has 0 amide bonds. The molecule has 2 aromatic heterocycles. The average Bonchev–Trinajstić information content (AvgIpc) is 3.55. The number of hydrogen-bond acceptors (Lipinski definition) is 2. The van der Waals surface area contributed by atoms with E-state index in [1.165, 1.54) is 0 Å². The van der Waals surface area contributed by atoms with E-state index in [-0.39, 0.29) is 0 Å². The quantitative estimate of drug-likeness (QED) is 0.168. The van der Waals surface area contributed by atoms with Gasteiger partial charge in [0.1, 0.15) is 0 Å². The Morgan fingerprint density at radius 1 is 0.434 bits per heavy atom. The first-order valence-corrected chi connectivity index (χ1v) is 19.6. The second-order valence-corrected chi connectivity index (χ2v) is 16.2. The molecule has 1 aliphatic rings. The van der Waals surface area contributed by atoms with E-state index in [4.69, 9.17) is 4.98 Å². The van der Waals surface area contributed by atoms with Crippen molar-refractivity contribution in [2.24, 2.45) is 0 Å². The Morgan fingerprint density at radius 3 is 1.62 bits per heavy atom. The minimum atomic E-state index is -3.26. The largest absolute Gasteiger partial charge is 0.309 e. The van der Waals surface area contributed by atoms with Crippen LogP contribution in [-0.2, 0) is 4.57 Å². The maximum Gasteiger partial charge on any atom is 0.172 e. The zero-order chi connectivity index (χ0) is 35.4. The molecule has 0 radical (unpaired) electrons. The SMILES string of the molecule is O=P1(c2ccccc2)c2ccccc2-c2c(n(-c3ccc(-c4cc(-c5ccccc5)cc(-c5ccccc5)n4)cc3)c3ccccc23)-c2ccccc21. The smallest absolute Gasteiger partial charge is 0.172 e. The topological polar surface area (TPSA) is 34.9 Å². The summed E-state index contributed by atoms with van der Waals surface area (Å²) in [6, 6.07) is 69.1. The highest BCUT2D eigenvalue weighted by Gasteiger charge is 2.39. The van der Waals surface area contributed by atoms with Crippen LogP contribution < -0.4 is 15.9 Å². The molecule has 0 fully saturated rings. The molecule has 0 bridgehead atoms. The number of hydrogen-bond donors (Lipinski definition) is 0. The van der Waals surface area contributed by atoms with Crippen LogP contribution in [0.5, 0.6) is 0 Å². The maximum absolute atomic E-state index is 15.9. The molecular formula is C49H33N2OP. The Kier molecular flexibility index (Phi) is 7.42. The predicted molar refractivity (Wildman–Crippen MR) is 221 cm³/mol.